The molecule has 2 fully saturated rings. The van der Waals surface area contributed by atoms with Crippen LogP contribution in [0.3, 0.4) is 0 Å². The van der Waals surface area contributed by atoms with Gasteiger partial charge in [-0.3, -0.25) is 0 Å². The predicted octanol–water partition coefficient (Wildman–Crippen LogP) is 2.82. The Bertz CT molecular complexity index is 725. The molecule has 0 spiro atoms. The van der Waals surface area contributed by atoms with E-state index < -0.39 is 0 Å². The van der Waals surface area contributed by atoms with Crippen LogP contribution in [0.5, 0.6) is 0 Å². The molecule has 150 valence electrons. The number of rotatable bonds is 5. The van der Waals surface area contributed by atoms with Gasteiger partial charge < -0.3 is 21.4 Å². The van der Waals surface area contributed by atoms with Gasteiger partial charge in [0.2, 0.25) is 5.95 Å². The van der Waals surface area contributed by atoms with Gasteiger partial charge in [-0.1, -0.05) is 19.3 Å². The van der Waals surface area contributed by atoms with Gasteiger partial charge in [-0.05, 0) is 25.7 Å². The maximum Gasteiger partial charge on any atom is 0.222 e. The van der Waals surface area contributed by atoms with Gasteiger partial charge in [-0.15, -0.1) is 35.0 Å². The fourth-order valence-corrected chi connectivity index (χ4v) is 3.92. The zero-order valence-corrected chi connectivity index (χ0v) is 16.9. The van der Waals surface area contributed by atoms with Gasteiger partial charge in [0.05, 0.1) is 12.2 Å². The lowest BCUT2D eigenvalue weighted by atomic mass is 9.78. The Kier molecular flexibility index (Phi) is 7.64. The number of aromatic nitrogens is 5. The molecule has 0 saturated heterocycles. The van der Waals surface area contributed by atoms with Crippen molar-refractivity contribution in [1.29, 1.82) is 0 Å². The van der Waals surface area contributed by atoms with Gasteiger partial charge in [0.25, 0.3) is 0 Å². The van der Waals surface area contributed by atoms with Crippen molar-refractivity contribution in [1.82, 2.24) is 24.7 Å². The highest BCUT2D eigenvalue weighted by Crippen LogP contribution is 2.35. The van der Waals surface area contributed by atoms with E-state index in [-0.39, 0.29) is 30.9 Å². The number of hydrogen-bond donors (Lipinski definition) is 3. The topological polar surface area (TPSA) is 121 Å². The van der Waals surface area contributed by atoms with Crippen LogP contribution in [0.4, 0.5) is 11.8 Å². The van der Waals surface area contributed by atoms with Crippen LogP contribution in [-0.2, 0) is 6.54 Å². The van der Waals surface area contributed by atoms with Gasteiger partial charge in [0.15, 0.2) is 5.82 Å². The lowest BCUT2D eigenvalue weighted by Crippen LogP contribution is -2.35. The second-order valence-electron chi connectivity index (χ2n) is 7.26. The van der Waals surface area contributed by atoms with Crippen molar-refractivity contribution < 1.29 is 0 Å². The molecule has 2 saturated carbocycles. The summed E-state index contributed by atoms with van der Waals surface area (Å²) in [5, 5.41) is 11.7. The average molecular weight is 415 g/mol. The third-order valence-electron chi connectivity index (χ3n) is 5.40. The molecule has 27 heavy (non-hydrogen) atoms. The molecule has 2 aromatic rings. The number of nitrogens with two attached hydrogens (primary N) is 2. The summed E-state index contributed by atoms with van der Waals surface area (Å²) in [5.41, 5.74) is 12.7. The normalized spacial score (nSPS) is 22.3. The van der Waals surface area contributed by atoms with Crippen LogP contribution >= 0.6 is 24.8 Å². The molecule has 0 atom stereocenters. The molecule has 2 aromatic heterocycles. The quantitative estimate of drug-likeness (QED) is 0.687. The summed E-state index contributed by atoms with van der Waals surface area (Å²) in [4.78, 5) is 8.67. The van der Waals surface area contributed by atoms with Crippen molar-refractivity contribution in [2.24, 2.45) is 5.73 Å². The summed E-state index contributed by atoms with van der Waals surface area (Å²) in [6.07, 6.45) is 10.1. The number of nitrogen functional groups attached to an aromatic ring is 1. The Hall–Kier alpha value is -1.64. The van der Waals surface area contributed by atoms with Crippen LogP contribution in [-0.4, -0.2) is 30.8 Å². The molecule has 2 aliphatic carbocycles. The minimum Gasteiger partial charge on any atom is -0.368 e. The molecule has 4 rings (SSSR count). The number of nitrogens with one attached hydrogen (secondary N) is 1. The zero-order valence-electron chi connectivity index (χ0n) is 15.3. The van der Waals surface area contributed by atoms with Crippen LogP contribution < -0.4 is 16.8 Å². The Morgan fingerprint density at radius 1 is 1.11 bits per heavy atom. The van der Waals surface area contributed by atoms with Crippen LogP contribution in [0, 0.1) is 0 Å². The summed E-state index contributed by atoms with van der Waals surface area (Å²) in [6, 6.07) is 2.78. The highest BCUT2D eigenvalue weighted by molar-refractivity contribution is 5.85. The summed E-state index contributed by atoms with van der Waals surface area (Å²) in [6.45, 7) is 0.580. The highest BCUT2D eigenvalue weighted by Gasteiger charge is 2.29. The largest absolute Gasteiger partial charge is 0.368 e. The van der Waals surface area contributed by atoms with E-state index in [1.54, 1.807) is 0 Å². The zero-order chi connectivity index (χ0) is 17.2. The molecular formula is C17H28Cl2N8. The predicted molar refractivity (Wildman–Crippen MR) is 110 cm³/mol. The molecule has 5 N–H and O–H groups in total. The minimum absolute atomic E-state index is 0. The van der Waals surface area contributed by atoms with E-state index in [4.69, 9.17) is 11.5 Å². The van der Waals surface area contributed by atoms with Gasteiger partial charge in [-0.25, -0.2) is 4.98 Å². The van der Waals surface area contributed by atoms with E-state index in [1.807, 2.05) is 12.4 Å². The Morgan fingerprint density at radius 2 is 1.85 bits per heavy atom. The lowest BCUT2D eigenvalue weighted by Gasteiger charge is -2.32. The second kappa shape index (κ2) is 9.52. The van der Waals surface area contributed by atoms with Crippen molar-refractivity contribution in [3.8, 4) is 0 Å². The van der Waals surface area contributed by atoms with E-state index in [2.05, 4.69) is 30.0 Å². The summed E-state index contributed by atoms with van der Waals surface area (Å²) in [7, 11) is 0. The van der Waals surface area contributed by atoms with Gasteiger partial charge in [-0.2, -0.15) is 4.98 Å². The molecule has 0 bridgehead atoms. The number of hydrogen-bond acceptors (Lipinski definition) is 7. The monoisotopic (exact) mass is 414 g/mol. The number of anilines is 2. The fourth-order valence-electron chi connectivity index (χ4n) is 3.92. The van der Waals surface area contributed by atoms with E-state index in [9.17, 15) is 0 Å². The van der Waals surface area contributed by atoms with Crippen LogP contribution in [0.1, 0.15) is 68.4 Å². The molecule has 2 aliphatic rings. The fraction of sp³-hybridized carbons (Fsp3) is 0.647. The number of halogens is 2. The Labute approximate surface area is 171 Å². The molecule has 0 unspecified atom stereocenters. The first kappa shape index (κ1) is 21.7. The Morgan fingerprint density at radius 3 is 2.56 bits per heavy atom. The van der Waals surface area contributed by atoms with Crippen molar-refractivity contribution in [3.05, 3.63) is 23.9 Å². The standard InChI is InChI=1S/C17H26N8.2ClH/c18-12-6-11(7-12)14-8-15(23-17(19)22-14)20-9-16-24-21-10-25(16)13-4-2-1-3-5-13;;/h8,10-13H,1-7,9,18H2,(H3,19,20,22,23);2*1H. The van der Waals surface area contributed by atoms with Gasteiger partial charge >= 0.3 is 0 Å². The third kappa shape index (κ3) is 5.00. The van der Waals surface area contributed by atoms with Crippen molar-refractivity contribution >= 4 is 36.6 Å². The van der Waals surface area contributed by atoms with Crippen molar-refractivity contribution in [3.63, 3.8) is 0 Å². The number of nitrogens with zero attached hydrogens (tertiary/aromatic N) is 5. The third-order valence-corrected chi connectivity index (χ3v) is 5.40. The van der Waals surface area contributed by atoms with Crippen LogP contribution in [0.2, 0.25) is 0 Å². The van der Waals surface area contributed by atoms with Gasteiger partial charge in [0.1, 0.15) is 12.1 Å². The maximum atomic E-state index is 5.88. The van der Waals surface area contributed by atoms with E-state index in [0.29, 0.717) is 24.5 Å². The van der Waals surface area contributed by atoms with E-state index >= 15 is 0 Å². The first-order valence-electron chi connectivity index (χ1n) is 9.21. The molecule has 0 aliphatic heterocycles. The summed E-state index contributed by atoms with van der Waals surface area (Å²) >= 11 is 0. The van der Waals surface area contributed by atoms with Crippen molar-refractivity contribution in [2.45, 2.75) is 69.5 Å². The van der Waals surface area contributed by atoms with Gasteiger partial charge in [0, 0.05) is 24.1 Å². The molecular weight excluding hydrogens is 387 g/mol. The van der Waals surface area contributed by atoms with E-state index in [0.717, 1.165) is 30.2 Å². The molecule has 2 heterocycles. The van der Waals surface area contributed by atoms with Crippen molar-refractivity contribution in [2.75, 3.05) is 11.1 Å². The first-order chi connectivity index (χ1) is 12.2. The van der Waals surface area contributed by atoms with Crippen LogP contribution in [0.25, 0.3) is 0 Å². The SMILES string of the molecule is Cl.Cl.Nc1nc(NCc2nncn2C2CCCCC2)cc(C2CC(N)C2)n1. The van der Waals surface area contributed by atoms with Crippen LogP contribution in [0.15, 0.2) is 12.4 Å². The maximum absolute atomic E-state index is 5.88. The molecule has 8 nitrogen and oxygen atoms in total. The first-order valence-corrected chi connectivity index (χ1v) is 9.21. The average Bonchev–Trinajstić information content (AvgIpc) is 3.06. The minimum atomic E-state index is 0. The molecule has 0 amide bonds. The Balaban J connectivity index is 0.00000131. The molecule has 0 radical (unpaired) electrons. The lowest BCUT2D eigenvalue weighted by molar-refractivity contribution is 0.345. The summed E-state index contributed by atoms with van der Waals surface area (Å²) < 4.78 is 2.21. The van der Waals surface area contributed by atoms with E-state index in [1.165, 1.54) is 32.1 Å². The molecule has 10 heteroatoms. The second-order valence-corrected chi connectivity index (χ2v) is 7.26. The highest BCUT2D eigenvalue weighted by atomic mass is 35.5. The molecule has 0 aromatic carbocycles. The summed E-state index contributed by atoms with van der Waals surface area (Å²) in [5.74, 6) is 2.37. The smallest absolute Gasteiger partial charge is 0.222 e.